The lowest BCUT2D eigenvalue weighted by atomic mass is 10.0. The van der Waals surface area contributed by atoms with Gasteiger partial charge in [-0.15, -0.1) is 18.0 Å². The SMILES string of the molecule is C#Cc1cccc(CN(C(=O)CCl)C2CCCN(C(=O)OC(C)(C)C)CC2)c1. The standard InChI is InChI=1S/C22H29ClN2O3/c1-5-17-8-6-9-18(14-17)16-25(20(26)15-23)19-10-7-12-24(13-11-19)21(27)28-22(2,3)4/h1,6,8-9,14,19H,7,10-13,15-16H2,2-4H3. The first-order valence-electron chi connectivity index (χ1n) is 9.62. The van der Waals surface area contributed by atoms with Crippen molar-refractivity contribution < 1.29 is 14.3 Å². The minimum absolute atomic E-state index is 0.0215. The summed E-state index contributed by atoms with van der Waals surface area (Å²) in [6.45, 7) is 7.21. The van der Waals surface area contributed by atoms with Gasteiger partial charge in [-0.1, -0.05) is 18.1 Å². The van der Waals surface area contributed by atoms with Crippen LogP contribution in [0.5, 0.6) is 0 Å². The van der Waals surface area contributed by atoms with Crippen LogP contribution in [0.1, 0.15) is 51.2 Å². The molecule has 0 spiro atoms. The number of rotatable bonds is 4. The minimum Gasteiger partial charge on any atom is -0.444 e. The Bertz CT molecular complexity index is 736. The Morgan fingerprint density at radius 1 is 1.32 bits per heavy atom. The van der Waals surface area contributed by atoms with Gasteiger partial charge in [-0.05, 0) is 57.7 Å². The van der Waals surface area contributed by atoms with Gasteiger partial charge in [0.2, 0.25) is 5.91 Å². The molecule has 28 heavy (non-hydrogen) atoms. The maximum Gasteiger partial charge on any atom is 0.410 e. The molecule has 0 aliphatic carbocycles. The van der Waals surface area contributed by atoms with Crippen molar-refractivity contribution in [3.8, 4) is 12.3 Å². The Kier molecular flexibility index (Phi) is 7.77. The molecule has 2 rings (SSSR count). The topological polar surface area (TPSA) is 49.9 Å². The molecule has 1 aliphatic rings. The van der Waals surface area contributed by atoms with E-state index in [2.05, 4.69) is 5.92 Å². The van der Waals surface area contributed by atoms with E-state index < -0.39 is 5.60 Å². The maximum atomic E-state index is 12.5. The van der Waals surface area contributed by atoms with Gasteiger partial charge in [0.1, 0.15) is 11.5 Å². The zero-order valence-corrected chi connectivity index (χ0v) is 17.7. The van der Waals surface area contributed by atoms with Crippen molar-refractivity contribution in [2.45, 2.75) is 58.2 Å². The lowest BCUT2D eigenvalue weighted by molar-refractivity contribution is -0.131. The van der Waals surface area contributed by atoms with Crippen molar-refractivity contribution in [2.75, 3.05) is 19.0 Å². The molecule has 1 aromatic rings. The largest absolute Gasteiger partial charge is 0.444 e. The normalized spacial score (nSPS) is 17.4. The molecular formula is C22H29ClN2O3. The van der Waals surface area contributed by atoms with Crippen LogP contribution >= 0.6 is 11.6 Å². The van der Waals surface area contributed by atoms with E-state index in [9.17, 15) is 9.59 Å². The Hall–Kier alpha value is -2.19. The Morgan fingerprint density at radius 3 is 2.71 bits per heavy atom. The first-order valence-corrected chi connectivity index (χ1v) is 10.2. The average molecular weight is 405 g/mol. The number of amides is 2. The molecule has 6 heteroatoms. The van der Waals surface area contributed by atoms with E-state index in [0.717, 1.165) is 24.0 Å². The number of halogens is 1. The predicted molar refractivity (Wildman–Crippen MR) is 111 cm³/mol. The number of likely N-dealkylation sites (tertiary alicyclic amines) is 1. The van der Waals surface area contributed by atoms with E-state index in [-0.39, 0.29) is 23.9 Å². The van der Waals surface area contributed by atoms with Gasteiger partial charge in [-0.25, -0.2) is 4.79 Å². The predicted octanol–water partition coefficient (Wildman–Crippen LogP) is 4.02. The highest BCUT2D eigenvalue weighted by Gasteiger charge is 2.29. The number of benzene rings is 1. The van der Waals surface area contributed by atoms with E-state index in [0.29, 0.717) is 26.1 Å². The van der Waals surface area contributed by atoms with Gasteiger partial charge in [0.25, 0.3) is 0 Å². The summed E-state index contributed by atoms with van der Waals surface area (Å²) in [5, 5.41) is 0. The number of carbonyl (C=O) groups is 2. The van der Waals surface area contributed by atoms with Gasteiger partial charge in [0.05, 0.1) is 0 Å². The third kappa shape index (κ3) is 6.45. The fourth-order valence-corrected chi connectivity index (χ4v) is 3.51. The van der Waals surface area contributed by atoms with Gasteiger partial charge in [-0.2, -0.15) is 0 Å². The first-order chi connectivity index (χ1) is 13.2. The molecule has 1 atom stereocenters. The van der Waals surface area contributed by atoms with Crippen LogP contribution in [0.2, 0.25) is 0 Å². The number of carbonyl (C=O) groups excluding carboxylic acids is 2. The van der Waals surface area contributed by atoms with Crippen LogP contribution in [-0.4, -0.2) is 52.4 Å². The van der Waals surface area contributed by atoms with E-state index in [1.165, 1.54) is 0 Å². The summed E-state index contributed by atoms with van der Waals surface area (Å²) in [6.07, 6.45) is 7.50. The molecule has 1 heterocycles. The zero-order chi connectivity index (χ0) is 20.7. The highest BCUT2D eigenvalue weighted by molar-refractivity contribution is 6.27. The second kappa shape index (κ2) is 9.84. The number of hydrogen-bond donors (Lipinski definition) is 0. The highest BCUT2D eigenvalue weighted by Crippen LogP contribution is 2.22. The summed E-state index contributed by atoms with van der Waals surface area (Å²) < 4.78 is 5.48. The van der Waals surface area contributed by atoms with Crippen molar-refractivity contribution in [1.29, 1.82) is 0 Å². The Labute approximate surface area is 173 Å². The van der Waals surface area contributed by atoms with Crippen molar-refractivity contribution in [3.05, 3.63) is 35.4 Å². The Balaban J connectivity index is 2.09. The number of alkyl halides is 1. The van der Waals surface area contributed by atoms with Crippen molar-refractivity contribution in [2.24, 2.45) is 0 Å². The van der Waals surface area contributed by atoms with E-state index in [4.69, 9.17) is 22.8 Å². The molecular weight excluding hydrogens is 376 g/mol. The van der Waals surface area contributed by atoms with Gasteiger partial charge < -0.3 is 14.5 Å². The molecule has 0 radical (unpaired) electrons. The summed E-state index contributed by atoms with van der Waals surface area (Å²) in [5.41, 5.74) is 1.24. The van der Waals surface area contributed by atoms with Crippen LogP contribution in [0.3, 0.4) is 0 Å². The van der Waals surface area contributed by atoms with E-state index in [1.807, 2.05) is 49.9 Å². The fourth-order valence-electron chi connectivity index (χ4n) is 3.35. The van der Waals surface area contributed by atoms with Crippen LogP contribution in [0.4, 0.5) is 4.79 Å². The van der Waals surface area contributed by atoms with Crippen LogP contribution in [-0.2, 0) is 16.1 Å². The lowest BCUT2D eigenvalue weighted by Gasteiger charge is -2.31. The third-order valence-corrected chi connectivity index (χ3v) is 4.90. The fraction of sp³-hybridized carbons (Fsp3) is 0.545. The first kappa shape index (κ1) is 22.1. The lowest BCUT2D eigenvalue weighted by Crippen LogP contribution is -2.42. The number of terminal acetylenes is 1. The van der Waals surface area contributed by atoms with Gasteiger partial charge in [0, 0.05) is 31.2 Å². The zero-order valence-electron chi connectivity index (χ0n) is 16.9. The van der Waals surface area contributed by atoms with Gasteiger partial charge in [-0.3, -0.25) is 4.79 Å². The molecule has 1 fully saturated rings. The average Bonchev–Trinajstić information content (AvgIpc) is 2.90. The highest BCUT2D eigenvalue weighted by atomic mass is 35.5. The monoisotopic (exact) mass is 404 g/mol. The maximum absolute atomic E-state index is 12.5. The minimum atomic E-state index is -0.522. The molecule has 1 aromatic carbocycles. The van der Waals surface area contributed by atoms with Crippen LogP contribution in [0, 0.1) is 12.3 Å². The molecule has 1 saturated heterocycles. The van der Waals surface area contributed by atoms with E-state index >= 15 is 0 Å². The number of nitrogens with zero attached hydrogens (tertiary/aromatic N) is 2. The molecule has 1 unspecified atom stereocenters. The molecule has 2 amide bonds. The number of ether oxygens (including phenoxy) is 1. The molecule has 152 valence electrons. The van der Waals surface area contributed by atoms with Gasteiger partial charge in [0.15, 0.2) is 0 Å². The Morgan fingerprint density at radius 2 is 2.07 bits per heavy atom. The smallest absolute Gasteiger partial charge is 0.410 e. The third-order valence-electron chi connectivity index (χ3n) is 4.67. The van der Waals surface area contributed by atoms with Crippen molar-refractivity contribution >= 4 is 23.6 Å². The molecule has 0 N–H and O–H groups in total. The summed E-state index contributed by atoms with van der Waals surface area (Å²) >= 11 is 5.88. The summed E-state index contributed by atoms with van der Waals surface area (Å²) in [7, 11) is 0. The van der Waals surface area contributed by atoms with Crippen LogP contribution in [0.25, 0.3) is 0 Å². The molecule has 0 aromatic heterocycles. The molecule has 5 nitrogen and oxygen atoms in total. The summed E-state index contributed by atoms with van der Waals surface area (Å²) in [6, 6.07) is 7.65. The van der Waals surface area contributed by atoms with E-state index in [1.54, 1.807) is 4.90 Å². The summed E-state index contributed by atoms with van der Waals surface area (Å²) in [4.78, 5) is 28.5. The molecule has 1 aliphatic heterocycles. The second-order valence-electron chi connectivity index (χ2n) is 8.05. The van der Waals surface area contributed by atoms with Gasteiger partial charge >= 0.3 is 6.09 Å². The number of hydrogen-bond acceptors (Lipinski definition) is 3. The van der Waals surface area contributed by atoms with Crippen LogP contribution < -0.4 is 0 Å². The summed E-state index contributed by atoms with van der Waals surface area (Å²) in [5.74, 6) is 2.45. The quantitative estimate of drug-likeness (QED) is 0.562. The van der Waals surface area contributed by atoms with Crippen LogP contribution in [0.15, 0.2) is 24.3 Å². The molecule has 0 saturated carbocycles. The molecule has 0 bridgehead atoms. The second-order valence-corrected chi connectivity index (χ2v) is 8.32. The van der Waals surface area contributed by atoms with Crippen molar-refractivity contribution in [1.82, 2.24) is 9.80 Å². The van der Waals surface area contributed by atoms with Crippen molar-refractivity contribution in [3.63, 3.8) is 0 Å².